The molecule has 0 aromatic heterocycles. The highest BCUT2D eigenvalue weighted by molar-refractivity contribution is 5.91. The Labute approximate surface area is 187 Å². The lowest BCUT2D eigenvalue weighted by Gasteiger charge is -2.08. The molecule has 0 spiro atoms. The summed E-state index contributed by atoms with van der Waals surface area (Å²) in [7, 11) is 0. The molecule has 0 amide bonds. The van der Waals surface area contributed by atoms with E-state index in [9.17, 15) is 9.18 Å². The van der Waals surface area contributed by atoms with Crippen molar-refractivity contribution in [2.45, 2.75) is 39.0 Å². The van der Waals surface area contributed by atoms with Crippen molar-refractivity contribution in [2.75, 3.05) is 6.61 Å². The molecule has 166 valence electrons. The van der Waals surface area contributed by atoms with E-state index in [0.29, 0.717) is 29.3 Å². The number of unbranched alkanes of at least 4 members (excludes halogenated alkanes) is 4. The van der Waals surface area contributed by atoms with Gasteiger partial charge in [0.15, 0.2) is 0 Å². The molecule has 0 N–H and O–H groups in total. The number of benzene rings is 3. The first-order valence-electron chi connectivity index (χ1n) is 10.9. The predicted octanol–water partition coefficient (Wildman–Crippen LogP) is 7.81. The van der Waals surface area contributed by atoms with Gasteiger partial charge in [0.1, 0.15) is 17.3 Å². The third-order valence-corrected chi connectivity index (χ3v) is 4.76. The topological polar surface area (TPSA) is 60.2 Å². The maximum absolute atomic E-state index is 12.9. The summed E-state index contributed by atoms with van der Waals surface area (Å²) >= 11 is 0. The highest BCUT2D eigenvalue weighted by Crippen LogP contribution is 2.22. The third-order valence-electron chi connectivity index (χ3n) is 4.76. The van der Waals surface area contributed by atoms with Gasteiger partial charge in [0, 0.05) is 0 Å². The Morgan fingerprint density at radius 3 is 1.94 bits per heavy atom. The van der Waals surface area contributed by atoms with Gasteiger partial charge in [-0.15, -0.1) is 0 Å². The molecule has 0 radical (unpaired) electrons. The molecular weight excluding hydrogens is 407 g/mol. The molecule has 0 heterocycles. The summed E-state index contributed by atoms with van der Waals surface area (Å²) < 4.78 is 24.1. The van der Waals surface area contributed by atoms with Crippen molar-refractivity contribution in [2.24, 2.45) is 10.2 Å². The van der Waals surface area contributed by atoms with Gasteiger partial charge in [-0.2, -0.15) is 10.2 Å². The van der Waals surface area contributed by atoms with E-state index in [0.717, 1.165) is 12.2 Å². The summed E-state index contributed by atoms with van der Waals surface area (Å²) in [5, 5.41) is 8.13. The summed E-state index contributed by atoms with van der Waals surface area (Å²) in [6.45, 7) is 2.88. The Balaban J connectivity index is 1.47. The third kappa shape index (κ3) is 7.61. The van der Waals surface area contributed by atoms with Crippen LogP contribution < -0.4 is 9.47 Å². The SMILES string of the molecule is CCCCCCCOc1ccc(C(=O)Oc2ccc(N=Nc3ccc(F)cc3)cc2)cc1. The molecule has 5 nitrogen and oxygen atoms in total. The molecule has 0 unspecified atom stereocenters. The second-order valence-corrected chi connectivity index (χ2v) is 7.35. The van der Waals surface area contributed by atoms with Gasteiger partial charge in [-0.3, -0.25) is 0 Å². The molecule has 0 saturated heterocycles. The Bertz CT molecular complexity index is 1000. The smallest absolute Gasteiger partial charge is 0.343 e. The fourth-order valence-electron chi connectivity index (χ4n) is 2.95. The van der Waals surface area contributed by atoms with Crippen molar-refractivity contribution in [3.8, 4) is 11.5 Å². The summed E-state index contributed by atoms with van der Waals surface area (Å²) in [5.74, 6) is 0.378. The summed E-state index contributed by atoms with van der Waals surface area (Å²) in [4.78, 5) is 12.4. The van der Waals surface area contributed by atoms with E-state index >= 15 is 0 Å². The van der Waals surface area contributed by atoms with Gasteiger partial charge in [-0.05, 0) is 79.2 Å². The van der Waals surface area contributed by atoms with Crippen LogP contribution >= 0.6 is 0 Å². The number of rotatable bonds is 11. The van der Waals surface area contributed by atoms with Gasteiger partial charge in [0.25, 0.3) is 0 Å². The van der Waals surface area contributed by atoms with Gasteiger partial charge in [-0.25, -0.2) is 9.18 Å². The average Bonchev–Trinajstić information content (AvgIpc) is 2.82. The number of nitrogens with zero attached hydrogens (tertiary/aromatic N) is 2. The molecule has 0 aliphatic carbocycles. The largest absolute Gasteiger partial charge is 0.494 e. The van der Waals surface area contributed by atoms with Crippen LogP contribution in [0.5, 0.6) is 11.5 Å². The van der Waals surface area contributed by atoms with Crippen molar-refractivity contribution in [3.05, 3.63) is 84.2 Å². The van der Waals surface area contributed by atoms with Crippen LogP contribution in [0.15, 0.2) is 83.0 Å². The lowest BCUT2D eigenvalue weighted by atomic mass is 10.2. The van der Waals surface area contributed by atoms with Crippen molar-refractivity contribution >= 4 is 17.3 Å². The number of carbonyl (C=O) groups excluding carboxylic acids is 1. The van der Waals surface area contributed by atoms with Crippen LogP contribution in [0.1, 0.15) is 49.4 Å². The minimum Gasteiger partial charge on any atom is -0.494 e. The summed E-state index contributed by atoms with van der Waals surface area (Å²) in [5.41, 5.74) is 1.58. The average molecular weight is 435 g/mol. The molecule has 0 aliphatic rings. The molecule has 0 atom stereocenters. The van der Waals surface area contributed by atoms with Crippen LogP contribution in [-0.2, 0) is 0 Å². The normalized spacial score (nSPS) is 10.9. The molecule has 0 fully saturated rings. The van der Waals surface area contributed by atoms with Crippen LogP contribution in [0.25, 0.3) is 0 Å². The lowest BCUT2D eigenvalue weighted by molar-refractivity contribution is 0.0734. The monoisotopic (exact) mass is 434 g/mol. The summed E-state index contributed by atoms with van der Waals surface area (Å²) in [6.07, 6.45) is 5.93. The Morgan fingerprint density at radius 1 is 0.750 bits per heavy atom. The zero-order valence-electron chi connectivity index (χ0n) is 18.2. The molecule has 0 aliphatic heterocycles. The van der Waals surface area contributed by atoms with Crippen LogP contribution in [0, 0.1) is 5.82 Å². The van der Waals surface area contributed by atoms with E-state index < -0.39 is 5.97 Å². The Morgan fingerprint density at radius 2 is 1.31 bits per heavy atom. The second kappa shape index (κ2) is 12.3. The van der Waals surface area contributed by atoms with Crippen LogP contribution in [0.2, 0.25) is 0 Å². The van der Waals surface area contributed by atoms with Gasteiger partial charge in [0.2, 0.25) is 0 Å². The van der Waals surface area contributed by atoms with Crippen molar-refractivity contribution < 1.29 is 18.7 Å². The van der Waals surface area contributed by atoms with Crippen LogP contribution in [0.3, 0.4) is 0 Å². The fourth-order valence-corrected chi connectivity index (χ4v) is 2.95. The first kappa shape index (κ1) is 23.1. The van der Waals surface area contributed by atoms with E-state index in [1.54, 1.807) is 60.7 Å². The van der Waals surface area contributed by atoms with Gasteiger partial charge in [0.05, 0.1) is 23.5 Å². The van der Waals surface area contributed by atoms with Crippen molar-refractivity contribution in [1.82, 2.24) is 0 Å². The molecule has 3 rings (SSSR count). The van der Waals surface area contributed by atoms with E-state index in [2.05, 4.69) is 17.2 Å². The Kier molecular flexibility index (Phi) is 8.92. The van der Waals surface area contributed by atoms with Gasteiger partial charge in [-0.1, -0.05) is 32.6 Å². The zero-order chi connectivity index (χ0) is 22.6. The molecule has 32 heavy (non-hydrogen) atoms. The Hall–Kier alpha value is -3.54. The number of hydrogen-bond acceptors (Lipinski definition) is 5. The minimum atomic E-state index is -0.447. The highest BCUT2D eigenvalue weighted by Gasteiger charge is 2.09. The number of halogens is 1. The maximum Gasteiger partial charge on any atom is 0.343 e. The molecular formula is C26H27FN2O3. The standard InChI is InChI=1S/C26H27FN2O3/c1-2-3-4-5-6-19-31-24-15-7-20(8-16-24)26(30)32-25-17-13-23(14-18-25)29-28-22-11-9-21(27)10-12-22/h7-18H,2-6,19H2,1H3. The number of carbonyl (C=O) groups is 1. The first-order valence-corrected chi connectivity index (χ1v) is 10.9. The number of azo groups is 1. The number of hydrogen-bond donors (Lipinski definition) is 0. The van der Waals surface area contributed by atoms with Gasteiger partial charge >= 0.3 is 5.97 Å². The van der Waals surface area contributed by atoms with E-state index in [4.69, 9.17) is 9.47 Å². The van der Waals surface area contributed by atoms with E-state index in [1.165, 1.54) is 37.8 Å². The van der Waals surface area contributed by atoms with Crippen LogP contribution in [0.4, 0.5) is 15.8 Å². The lowest BCUT2D eigenvalue weighted by Crippen LogP contribution is -2.08. The van der Waals surface area contributed by atoms with Crippen molar-refractivity contribution in [1.29, 1.82) is 0 Å². The zero-order valence-corrected chi connectivity index (χ0v) is 18.2. The summed E-state index contributed by atoms with van der Waals surface area (Å²) in [6, 6.07) is 19.3. The number of esters is 1. The molecule has 0 bridgehead atoms. The quantitative estimate of drug-likeness (QED) is 0.134. The molecule has 6 heteroatoms. The molecule has 3 aromatic carbocycles. The molecule has 3 aromatic rings. The first-order chi connectivity index (χ1) is 15.6. The predicted molar refractivity (Wildman–Crippen MR) is 123 cm³/mol. The van der Waals surface area contributed by atoms with E-state index in [-0.39, 0.29) is 5.82 Å². The highest BCUT2D eigenvalue weighted by atomic mass is 19.1. The maximum atomic E-state index is 12.9. The minimum absolute atomic E-state index is 0.324. The fraction of sp³-hybridized carbons (Fsp3) is 0.269. The second-order valence-electron chi connectivity index (χ2n) is 7.35. The molecule has 0 saturated carbocycles. The van der Waals surface area contributed by atoms with Crippen molar-refractivity contribution in [3.63, 3.8) is 0 Å². The van der Waals surface area contributed by atoms with Crippen LogP contribution in [-0.4, -0.2) is 12.6 Å². The van der Waals surface area contributed by atoms with Gasteiger partial charge < -0.3 is 9.47 Å². The van der Waals surface area contributed by atoms with E-state index in [1.807, 2.05) is 0 Å². The number of ether oxygens (including phenoxy) is 2.